The van der Waals surface area contributed by atoms with Crippen molar-refractivity contribution < 1.29 is 14.3 Å². The molecule has 0 fully saturated rings. The van der Waals surface area contributed by atoms with Crippen molar-refractivity contribution in [2.75, 3.05) is 10.6 Å². The van der Waals surface area contributed by atoms with Crippen molar-refractivity contribution in [3.05, 3.63) is 115 Å². The number of amides is 2. The summed E-state index contributed by atoms with van der Waals surface area (Å²) in [6.07, 6.45) is 0. The number of carbonyl (C=O) groups excluding carboxylic acids is 2. The first-order chi connectivity index (χ1) is 16.0. The van der Waals surface area contributed by atoms with Crippen molar-refractivity contribution in [3.8, 4) is 11.5 Å². The summed E-state index contributed by atoms with van der Waals surface area (Å²) in [5.41, 5.74) is 2.49. The molecular formula is C26H18I2N2O3. The van der Waals surface area contributed by atoms with Crippen LogP contribution in [0.1, 0.15) is 20.7 Å². The molecule has 0 spiro atoms. The van der Waals surface area contributed by atoms with E-state index in [1.54, 1.807) is 60.7 Å². The molecule has 0 heterocycles. The minimum atomic E-state index is -0.184. The minimum absolute atomic E-state index is 0.170. The van der Waals surface area contributed by atoms with Crippen LogP contribution >= 0.6 is 45.2 Å². The Morgan fingerprint density at radius 3 is 1.64 bits per heavy atom. The van der Waals surface area contributed by atoms with Crippen LogP contribution in [0.4, 0.5) is 11.4 Å². The van der Waals surface area contributed by atoms with Crippen molar-refractivity contribution >= 4 is 68.4 Å². The average Bonchev–Trinajstić information content (AvgIpc) is 2.81. The van der Waals surface area contributed by atoms with Gasteiger partial charge in [-0.2, -0.15) is 0 Å². The maximum atomic E-state index is 12.5. The molecule has 0 aliphatic heterocycles. The first-order valence-corrected chi connectivity index (χ1v) is 12.1. The van der Waals surface area contributed by atoms with Crippen LogP contribution in [0.3, 0.4) is 0 Å². The van der Waals surface area contributed by atoms with E-state index in [9.17, 15) is 9.59 Å². The third kappa shape index (κ3) is 6.55. The van der Waals surface area contributed by atoms with Crippen LogP contribution in [0.5, 0.6) is 11.5 Å². The van der Waals surface area contributed by atoms with Gasteiger partial charge in [0.15, 0.2) is 0 Å². The number of carbonyl (C=O) groups is 2. The number of nitrogens with one attached hydrogen (secondary N) is 2. The summed E-state index contributed by atoms with van der Waals surface area (Å²) in [6.45, 7) is 0. The smallest absolute Gasteiger partial charge is 0.255 e. The normalized spacial score (nSPS) is 10.4. The Hall–Kier alpha value is -2.92. The molecule has 0 bridgehead atoms. The first kappa shape index (κ1) is 23.2. The van der Waals surface area contributed by atoms with Crippen molar-refractivity contribution in [3.63, 3.8) is 0 Å². The molecule has 0 atom stereocenters. The van der Waals surface area contributed by atoms with E-state index in [0.29, 0.717) is 34.0 Å². The molecule has 164 valence electrons. The SMILES string of the molecule is O=C(Nc1ccc(Oc2cccc(NC(=O)c3ccc(I)cc3)c2)cc1)c1ccc(I)cc1. The second-order valence-electron chi connectivity index (χ2n) is 7.08. The van der Waals surface area contributed by atoms with E-state index in [1.807, 2.05) is 36.4 Å². The molecule has 0 aromatic heterocycles. The molecule has 5 nitrogen and oxygen atoms in total. The van der Waals surface area contributed by atoms with Crippen LogP contribution in [0, 0.1) is 7.14 Å². The molecule has 2 N–H and O–H groups in total. The minimum Gasteiger partial charge on any atom is -0.457 e. The number of ether oxygens (including phenoxy) is 1. The van der Waals surface area contributed by atoms with Crippen LogP contribution in [0.15, 0.2) is 97.1 Å². The van der Waals surface area contributed by atoms with Crippen molar-refractivity contribution in [1.29, 1.82) is 0 Å². The molecule has 7 heteroatoms. The molecule has 0 unspecified atom stereocenters. The highest BCUT2D eigenvalue weighted by molar-refractivity contribution is 14.1. The van der Waals surface area contributed by atoms with Crippen LogP contribution in [-0.4, -0.2) is 11.8 Å². The summed E-state index contributed by atoms with van der Waals surface area (Å²) < 4.78 is 8.06. The molecule has 0 saturated carbocycles. The Morgan fingerprint density at radius 1 is 0.576 bits per heavy atom. The summed E-state index contributed by atoms with van der Waals surface area (Å²) in [4.78, 5) is 24.8. The van der Waals surface area contributed by atoms with Gasteiger partial charge in [0, 0.05) is 35.7 Å². The van der Waals surface area contributed by atoms with E-state index < -0.39 is 0 Å². The summed E-state index contributed by atoms with van der Waals surface area (Å²) in [5.74, 6) is 0.850. The lowest BCUT2D eigenvalue weighted by molar-refractivity contribution is 0.101. The zero-order valence-corrected chi connectivity index (χ0v) is 21.5. The van der Waals surface area contributed by atoms with Gasteiger partial charge in [-0.1, -0.05) is 6.07 Å². The lowest BCUT2D eigenvalue weighted by Crippen LogP contribution is -2.11. The van der Waals surface area contributed by atoms with E-state index in [2.05, 4.69) is 55.8 Å². The van der Waals surface area contributed by atoms with Gasteiger partial charge in [-0.25, -0.2) is 0 Å². The number of benzene rings is 4. The van der Waals surface area contributed by atoms with E-state index >= 15 is 0 Å². The van der Waals surface area contributed by atoms with E-state index in [4.69, 9.17) is 4.74 Å². The number of rotatable bonds is 6. The Morgan fingerprint density at radius 2 is 1.09 bits per heavy atom. The van der Waals surface area contributed by atoms with E-state index in [0.717, 1.165) is 7.14 Å². The van der Waals surface area contributed by atoms with Gasteiger partial charge in [-0.15, -0.1) is 0 Å². The number of hydrogen-bond donors (Lipinski definition) is 2. The van der Waals surface area contributed by atoms with Gasteiger partial charge in [0.1, 0.15) is 11.5 Å². The van der Waals surface area contributed by atoms with Gasteiger partial charge < -0.3 is 15.4 Å². The van der Waals surface area contributed by atoms with Crippen LogP contribution in [0.2, 0.25) is 0 Å². The lowest BCUT2D eigenvalue weighted by atomic mass is 10.2. The number of halogens is 2. The third-order valence-corrected chi connectivity index (χ3v) is 6.09. The molecule has 0 saturated heterocycles. The van der Waals surface area contributed by atoms with Gasteiger partial charge in [0.25, 0.3) is 11.8 Å². The Bertz CT molecular complexity index is 1270. The van der Waals surface area contributed by atoms with Gasteiger partial charge in [-0.3, -0.25) is 9.59 Å². The van der Waals surface area contributed by atoms with Crippen LogP contribution in [0.25, 0.3) is 0 Å². The molecule has 4 aromatic rings. The van der Waals surface area contributed by atoms with Gasteiger partial charge in [0.2, 0.25) is 0 Å². The van der Waals surface area contributed by atoms with Crippen molar-refractivity contribution in [2.24, 2.45) is 0 Å². The molecule has 2 amide bonds. The number of anilines is 2. The maximum absolute atomic E-state index is 12.5. The lowest BCUT2D eigenvalue weighted by Gasteiger charge is -2.10. The standard InChI is InChI=1S/C26H18I2N2O3/c27-19-8-4-17(5-9-19)25(31)29-21-12-14-23(15-13-21)33-24-3-1-2-22(16-24)30-26(32)18-6-10-20(28)11-7-18/h1-16H,(H,29,31)(H,30,32). The monoisotopic (exact) mass is 660 g/mol. The molecule has 0 radical (unpaired) electrons. The summed E-state index contributed by atoms with van der Waals surface area (Å²) in [7, 11) is 0. The fourth-order valence-electron chi connectivity index (χ4n) is 2.99. The van der Waals surface area contributed by atoms with Crippen molar-refractivity contribution in [1.82, 2.24) is 0 Å². The van der Waals surface area contributed by atoms with Crippen LogP contribution < -0.4 is 15.4 Å². The number of hydrogen-bond acceptors (Lipinski definition) is 3. The summed E-state index contributed by atoms with van der Waals surface area (Å²) in [6, 6.07) is 29.0. The second-order valence-corrected chi connectivity index (χ2v) is 9.57. The highest BCUT2D eigenvalue weighted by atomic mass is 127. The summed E-state index contributed by atoms with van der Waals surface area (Å²) in [5, 5.41) is 5.76. The molecule has 4 aromatic carbocycles. The van der Waals surface area contributed by atoms with Gasteiger partial charge in [-0.05, 0) is 130 Å². The highest BCUT2D eigenvalue weighted by Crippen LogP contribution is 2.26. The highest BCUT2D eigenvalue weighted by Gasteiger charge is 2.08. The molecule has 0 aliphatic rings. The maximum Gasteiger partial charge on any atom is 0.255 e. The molecule has 0 aliphatic carbocycles. The predicted molar refractivity (Wildman–Crippen MR) is 147 cm³/mol. The zero-order valence-electron chi connectivity index (χ0n) is 17.2. The molecule has 4 rings (SSSR count). The van der Waals surface area contributed by atoms with Gasteiger partial charge >= 0.3 is 0 Å². The fraction of sp³-hybridized carbons (Fsp3) is 0. The van der Waals surface area contributed by atoms with E-state index in [-0.39, 0.29) is 11.8 Å². The van der Waals surface area contributed by atoms with E-state index in [1.165, 1.54) is 0 Å². The fourth-order valence-corrected chi connectivity index (χ4v) is 3.71. The predicted octanol–water partition coefficient (Wildman–Crippen LogP) is 7.19. The first-order valence-electron chi connectivity index (χ1n) is 9.98. The average molecular weight is 660 g/mol. The second kappa shape index (κ2) is 10.8. The van der Waals surface area contributed by atoms with Crippen LogP contribution in [-0.2, 0) is 0 Å². The quantitative estimate of drug-likeness (QED) is 0.215. The summed E-state index contributed by atoms with van der Waals surface area (Å²) >= 11 is 4.40. The van der Waals surface area contributed by atoms with Gasteiger partial charge in [0.05, 0.1) is 0 Å². The largest absolute Gasteiger partial charge is 0.457 e. The Balaban J connectivity index is 1.38. The Kier molecular flexibility index (Phi) is 7.61. The Labute approximate surface area is 218 Å². The molecule has 33 heavy (non-hydrogen) atoms. The zero-order chi connectivity index (χ0) is 23.2. The van der Waals surface area contributed by atoms with Crippen molar-refractivity contribution in [2.45, 2.75) is 0 Å². The topological polar surface area (TPSA) is 67.4 Å². The third-order valence-electron chi connectivity index (χ3n) is 4.65. The molecular weight excluding hydrogens is 642 g/mol.